The average molecular weight is 358 g/mol. The normalized spacial score (nSPS) is 13.1. The van der Waals surface area contributed by atoms with Gasteiger partial charge < -0.3 is 0 Å². The van der Waals surface area contributed by atoms with E-state index in [0.29, 0.717) is 0 Å². The van der Waals surface area contributed by atoms with E-state index in [1.54, 1.807) is 0 Å². The molecule has 0 heterocycles. The summed E-state index contributed by atoms with van der Waals surface area (Å²) in [5.74, 6) is -0.577. The van der Waals surface area contributed by atoms with Crippen LogP contribution in [0.1, 0.15) is 10.4 Å². The summed E-state index contributed by atoms with van der Waals surface area (Å²) in [5.41, 5.74) is 0.967. The Kier molecular flexibility index (Phi) is 4.91. The van der Waals surface area contributed by atoms with Crippen molar-refractivity contribution < 1.29 is 12.8 Å². The zero-order valence-electron chi connectivity index (χ0n) is 10.5. The van der Waals surface area contributed by atoms with Gasteiger partial charge in [-0.25, -0.2) is 17.5 Å². The second kappa shape index (κ2) is 6.47. The van der Waals surface area contributed by atoms with Gasteiger partial charge in [0.2, 0.25) is 10.0 Å². The Morgan fingerprint density at radius 3 is 2.45 bits per heavy atom. The number of halogens is 2. The van der Waals surface area contributed by atoms with Crippen LogP contribution in [0.25, 0.3) is 0 Å². The van der Waals surface area contributed by atoms with Crippen molar-refractivity contribution in [2.45, 2.75) is 9.72 Å². The van der Waals surface area contributed by atoms with Gasteiger partial charge in [-0.1, -0.05) is 52.3 Å². The Bertz CT molecular complexity index is 677. The van der Waals surface area contributed by atoms with Crippen LogP contribution < -0.4 is 4.72 Å². The monoisotopic (exact) mass is 357 g/mol. The van der Waals surface area contributed by atoms with Gasteiger partial charge in [0.05, 0.1) is 9.72 Å². The summed E-state index contributed by atoms with van der Waals surface area (Å²) in [5, 5.41) is 0. The lowest BCUT2D eigenvalue weighted by Crippen LogP contribution is -2.27. The molecule has 0 fully saturated rings. The molecule has 0 bridgehead atoms. The van der Waals surface area contributed by atoms with Crippen molar-refractivity contribution in [2.75, 3.05) is 6.54 Å². The molecule has 0 spiro atoms. The molecule has 1 unspecified atom stereocenters. The smallest absolute Gasteiger partial charge is 0.210 e. The Labute approximate surface area is 126 Å². The van der Waals surface area contributed by atoms with Crippen molar-refractivity contribution in [1.29, 1.82) is 0 Å². The summed E-state index contributed by atoms with van der Waals surface area (Å²) >= 11 is 3.42. The molecule has 0 aliphatic rings. The molecule has 3 nitrogen and oxygen atoms in total. The van der Waals surface area contributed by atoms with Crippen LogP contribution in [0.2, 0.25) is 0 Å². The standard InChI is InChI=1S/C14H13BrFNO2S/c15-14(11-5-2-1-3-6-11)10-17-20(18,19)13-8-4-7-12(16)9-13/h1-9,14,17H,10H2. The Morgan fingerprint density at radius 2 is 1.80 bits per heavy atom. The third-order valence-electron chi connectivity index (χ3n) is 2.72. The van der Waals surface area contributed by atoms with Gasteiger partial charge in [0.15, 0.2) is 0 Å². The lowest BCUT2D eigenvalue weighted by atomic mass is 10.2. The van der Waals surface area contributed by atoms with Gasteiger partial charge in [0.1, 0.15) is 5.82 Å². The highest BCUT2D eigenvalue weighted by Gasteiger charge is 2.16. The van der Waals surface area contributed by atoms with Crippen molar-refractivity contribution in [3.8, 4) is 0 Å². The Morgan fingerprint density at radius 1 is 1.10 bits per heavy atom. The van der Waals surface area contributed by atoms with E-state index < -0.39 is 15.8 Å². The summed E-state index contributed by atoms with van der Waals surface area (Å²) in [4.78, 5) is -0.225. The molecule has 0 amide bonds. The molecule has 0 aromatic heterocycles. The molecule has 2 rings (SSSR count). The van der Waals surface area contributed by atoms with Crippen LogP contribution in [-0.2, 0) is 10.0 Å². The van der Waals surface area contributed by atoms with Crippen molar-refractivity contribution in [3.63, 3.8) is 0 Å². The minimum Gasteiger partial charge on any atom is -0.210 e. The largest absolute Gasteiger partial charge is 0.240 e. The predicted octanol–water partition coefficient (Wildman–Crippen LogP) is 3.24. The van der Waals surface area contributed by atoms with E-state index >= 15 is 0 Å². The van der Waals surface area contributed by atoms with Gasteiger partial charge in [0.25, 0.3) is 0 Å². The van der Waals surface area contributed by atoms with E-state index in [1.807, 2.05) is 30.3 Å². The van der Waals surface area contributed by atoms with E-state index in [4.69, 9.17) is 0 Å². The maximum atomic E-state index is 13.1. The summed E-state index contributed by atoms with van der Waals surface area (Å²) in [6, 6.07) is 14.4. The Balaban J connectivity index is 2.07. The second-order valence-electron chi connectivity index (χ2n) is 4.19. The van der Waals surface area contributed by atoms with Crippen molar-refractivity contribution in [2.24, 2.45) is 0 Å². The lowest BCUT2D eigenvalue weighted by molar-refractivity contribution is 0.577. The first-order valence-electron chi connectivity index (χ1n) is 5.93. The number of rotatable bonds is 5. The third-order valence-corrected chi connectivity index (χ3v) is 4.99. The van der Waals surface area contributed by atoms with Crippen LogP contribution in [0, 0.1) is 5.82 Å². The highest BCUT2D eigenvalue weighted by Crippen LogP contribution is 2.22. The third kappa shape index (κ3) is 3.88. The van der Waals surface area contributed by atoms with E-state index in [-0.39, 0.29) is 16.3 Å². The van der Waals surface area contributed by atoms with Crippen LogP contribution in [0.4, 0.5) is 4.39 Å². The van der Waals surface area contributed by atoms with Crippen LogP contribution >= 0.6 is 15.9 Å². The highest BCUT2D eigenvalue weighted by atomic mass is 79.9. The first-order valence-corrected chi connectivity index (χ1v) is 8.33. The summed E-state index contributed by atoms with van der Waals surface area (Å²) in [6.07, 6.45) is 0. The molecule has 0 radical (unpaired) electrons. The molecule has 2 aromatic rings. The molecule has 6 heteroatoms. The van der Waals surface area contributed by atoms with Gasteiger partial charge in [-0.3, -0.25) is 0 Å². The van der Waals surface area contributed by atoms with Crippen molar-refractivity contribution >= 4 is 26.0 Å². The molecule has 0 saturated heterocycles. The number of hydrogen-bond donors (Lipinski definition) is 1. The number of sulfonamides is 1. The topological polar surface area (TPSA) is 46.2 Å². The number of alkyl halides is 1. The number of nitrogens with one attached hydrogen (secondary N) is 1. The number of benzene rings is 2. The van der Waals surface area contributed by atoms with Gasteiger partial charge >= 0.3 is 0 Å². The van der Waals surface area contributed by atoms with Gasteiger partial charge in [-0.15, -0.1) is 0 Å². The van der Waals surface area contributed by atoms with Gasteiger partial charge in [-0.05, 0) is 23.8 Å². The molecule has 2 aromatic carbocycles. The second-order valence-corrected chi connectivity index (χ2v) is 7.06. The van der Waals surface area contributed by atoms with Gasteiger partial charge in [0, 0.05) is 6.54 Å². The Hall–Kier alpha value is -1.24. The van der Waals surface area contributed by atoms with Crippen molar-refractivity contribution in [1.82, 2.24) is 4.72 Å². The first kappa shape index (κ1) is 15.2. The molecule has 0 aliphatic carbocycles. The zero-order valence-corrected chi connectivity index (χ0v) is 12.9. The average Bonchev–Trinajstić information content (AvgIpc) is 2.46. The van der Waals surface area contributed by atoms with Crippen LogP contribution in [0.15, 0.2) is 59.5 Å². The molecular weight excluding hydrogens is 345 g/mol. The molecular formula is C14H13BrFNO2S. The molecule has 1 N–H and O–H groups in total. The maximum absolute atomic E-state index is 13.1. The highest BCUT2D eigenvalue weighted by molar-refractivity contribution is 9.09. The lowest BCUT2D eigenvalue weighted by Gasteiger charge is -2.12. The predicted molar refractivity (Wildman–Crippen MR) is 79.7 cm³/mol. The molecule has 0 aliphatic heterocycles. The fraction of sp³-hybridized carbons (Fsp3) is 0.143. The van der Waals surface area contributed by atoms with E-state index in [0.717, 1.165) is 11.6 Å². The van der Waals surface area contributed by atoms with Crippen molar-refractivity contribution in [3.05, 3.63) is 66.0 Å². The van der Waals surface area contributed by atoms with E-state index in [9.17, 15) is 12.8 Å². The van der Waals surface area contributed by atoms with Gasteiger partial charge in [-0.2, -0.15) is 0 Å². The van der Waals surface area contributed by atoms with Crippen LogP contribution in [0.3, 0.4) is 0 Å². The fourth-order valence-electron chi connectivity index (χ4n) is 1.68. The first-order chi connectivity index (χ1) is 9.49. The van der Waals surface area contributed by atoms with Crippen LogP contribution in [-0.4, -0.2) is 15.0 Å². The minimum absolute atomic E-state index is 0.0785. The van der Waals surface area contributed by atoms with E-state index in [2.05, 4.69) is 20.7 Å². The molecule has 1 atom stereocenters. The summed E-state index contributed by atoms with van der Waals surface area (Å²) in [6.45, 7) is 0.183. The zero-order chi connectivity index (χ0) is 14.6. The van der Waals surface area contributed by atoms with Crippen LogP contribution in [0.5, 0.6) is 0 Å². The maximum Gasteiger partial charge on any atom is 0.240 e. The minimum atomic E-state index is -3.71. The molecule has 20 heavy (non-hydrogen) atoms. The quantitative estimate of drug-likeness (QED) is 0.835. The molecule has 106 valence electrons. The summed E-state index contributed by atoms with van der Waals surface area (Å²) < 4.78 is 39.6. The summed E-state index contributed by atoms with van der Waals surface area (Å²) in [7, 11) is -3.71. The molecule has 0 saturated carbocycles. The fourth-order valence-corrected chi connectivity index (χ4v) is 3.44. The number of hydrogen-bond acceptors (Lipinski definition) is 2. The van der Waals surface area contributed by atoms with E-state index in [1.165, 1.54) is 18.2 Å². The SMILES string of the molecule is O=S(=O)(NCC(Br)c1ccccc1)c1cccc(F)c1.